The van der Waals surface area contributed by atoms with Gasteiger partial charge in [-0.3, -0.25) is 9.69 Å². The fraction of sp³-hybridized carbons (Fsp3) is 0.895. The smallest absolute Gasteiger partial charge is 0.410 e. The number of hydrogen-bond acceptors (Lipinski definition) is 4. The monoisotopic (exact) mass is 351 g/mol. The van der Waals surface area contributed by atoms with E-state index in [9.17, 15) is 9.59 Å². The largest absolute Gasteiger partial charge is 0.444 e. The van der Waals surface area contributed by atoms with Crippen molar-refractivity contribution in [2.24, 2.45) is 5.92 Å². The first-order valence-corrected chi connectivity index (χ1v) is 9.87. The zero-order valence-corrected chi connectivity index (χ0v) is 15.9. The maximum absolute atomic E-state index is 13.2. The van der Waals surface area contributed by atoms with Crippen LogP contribution in [0.25, 0.3) is 0 Å². The van der Waals surface area contributed by atoms with Gasteiger partial charge in [-0.25, -0.2) is 4.79 Å². The van der Waals surface area contributed by atoms with Crippen LogP contribution in [0.4, 0.5) is 4.79 Å². The molecule has 3 rings (SSSR count). The number of ether oxygens (including phenoxy) is 1. The molecule has 0 saturated carbocycles. The molecule has 142 valence electrons. The van der Waals surface area contributed by atoms with Crippen molar-refractivity contribution < 1.29 is 14.3 Å². The summed E-state index contributed by atoms with van der Waals surface area (Å²) in [6.07, 6.45) is 5.84. The Morgan fingerprint density at radius 1 is 1.00 bits per heavy atom. The van der Waals surface area contributed by atoms with Crippen LogP contribution in [-0.4, -0.2) is 65.7 Å². The minimum atomic E-state index is -0.531. The van der Waals surface area contributed by atoms with E-state index in [1.165, 1.54) is 12.8 Å². The summed E-state index contributed by atoms with van der Waals surface area (Å²) in [5.41, 5.74) is -0.531. The van der Waals surface area contributed by atoms with Crippen molar-refractivity contribution in [2.45, 2.75) is 77.0 Å². The number of rotatable bonds is 2. The summed E-state index contributed by atoms with van der Waals surface area (Å²) in [5.74, 6) is 0.688. The van der Waals surface area contributed by atoms with Gasteiger partial charge in [-0.1, -0.05) is 0 Å². The molecule has 6 heteroatoms. The highest BCUT2D eigenvalue weighted by molar-refractivity contribution is 5.86. The average molecular weight is 351 g/mol. The molecule has 3 atom stereocenters. The molecule has 0 bridgehead atoms. The van der Waals surface area contributed by atoms with E-state index in [0.717, 1.165) is 45.3 Å². The van der Waals surface area contributed by atoms with Crippen LogP contribution in [-0.2, 0) is 9.53 Å². The van der Waals surface area contributed by atoms with E-state index < -0.39 is 5.60 Å². The number of likely N-dealkylation sites (tertiary alicyclic amines) is 2. The van der Waals surface area contributed by atoms with Gasteiger partial charge in [0.2, 0.25) is 5.91 Å². The van der Waals surface area contributed by atoms with E-state index in [0.29, 0.717) is 18.5 Å². The van der Waals surface area contributed by atoms with Crippen molar-refractivity contribution in [3.8, 4) is 0 Å². The lowest BCUT2D eigenvalue weighted by Crippen LogP contribution is -2.53. The van der Waals surface area contributed by atoms with Crippen molar-refractivity contribution in [1.29, 1.82) is 0 Å². The second-order valence-electron chi connectivity index (χ2n) is 8.68. The van der Waals surface area contributed by atoms with Crippen molar-refractivity contribution in [3.63, 3.8) is 0 Å². The third kappa shape index (κ3) is 4.27. The standard InChI is InChI=1S/C19H33N3O3/c1-19(2,3)25-18(24)22-12-6-9-16(22)17(23)21-11-5-8-15(21)14-7-4-10-20-13-14/h14-16,20H,4-13H2,1-3H3. The summed E-state index contributed by atoms with van der Waals surface area (Å²) < 4.78 is 5.51. The zero-order valence-electron chi connectivity index (χ0n) is 15.9. The molecule has 0 spiro atoms. The van der Waals surface area contributed by atoms with E-state index in [2.05, 4.69) is 10.2 Å². The van der Waals surface area contributed by atoms with Gasteiger partial charge in [0.1, 0.15) is 11.6 Å². The van der Waals surface area contributed by atoms with Crippen molar-refractivity contribution in [2.75, 3.05) is 26.2 Å². The lowest BCUT2D eigenvalue weighted by molar-refractivity contribution is -0.137. The number of nitrogens with zero attached hydrogens (tertiary/aromatic N) is 2. The second-order valence-corrected chi connectivity index (χ2v) is 8.68. The van der Waals surface area contributed by atoms with E-state index in [1.807, 2.05) is 20.8 Å². The molecule has 0 aliphatic carbocycles. The minimum absolute atomic E-state index is 0.136. The number of hydrogen-bond donors (Lipinski definition) is 1. The fourth-order valence-corrected chi connectivity index (χ4v) is 4.52. The van der Waals surface area contributed by atoms with Crippen LogP contribution in [0.2, 0.25) is 0 Å². The van der Waals surface area contributed by atoms with Gasteiger partial charge in [-0.2, -0.15) is 0 Å². The zero-order chi connectivity index (χ0) is 18.0. The Morgan fingerprint density at radius 3 is 2.40 bits per heavy atom. The molecule has 3 aliphatic heterocycles. The first-order chi connectivity index (χ1) is 11.9. The van der Waals surface area contributed by atoms with Gasteiger partial charge in [0.25, 0.3) is 0 Å². The quantitative estimate of drug-likeness (QED) is 0.830. The molecule has 3 unspecified atom stereocenters. The van der Waals surface area contributed by atoms with Crippen LogP contribution in [0.15, 0.2) is 0 Å². The van der Waals surface area contributed by atoms with Crippen LogP contribution >= 0.6 is 0 Å². The maximum Gasteiger partial charge on any atom is 0.410 e. The van der Waals surface area contributed by atoms with Crippen LogP contribution in [0.1, 0.15) is 59.3 Å². The van der Waals surface area contributed by atoms with E-state index in [4.69, 9.17) is 4.74 Å². The molecular formula is C19H33N3O3. The molecule has 3 heterocycles. The Kier molecular flexibility index (Phi) is 5.56. The Balaban J connectivity index is 1.67. The second kappa shape index (κ2) is 7.52. The van der Waals surface area contributed by atoms with Crippen LogP contribution in [0.5, 0.6) is 0 Å². The highest BCUT2D eigenvalue weighted by Crippen LogP contribution is 2.31. The Labute approximate surface area is 151 Å². The Hall–Kier alpha value is -1.30. The third-order valence-electron chi connectivity index (χ3n) is 5.63. The molecule has 0 aromatic carbocycles. The first kappa shape index (κ1) is 18.5. The number of nitrogens with one attached hydrogen (secondary N) is 1. The van der Waals surface area contributed by atoms with Crippen LogP contribution < -0.4 is 5.32 Å². The van der Waals surface area contributed by atoms with Crippen molar-refractivity contribution >= 4 is 12.0 Å². The Morgan fingerprint density at radius 2 is 1.72 bits per heavy atom. The van der Waals surface area contributed by atoms with E-state index >= 15 is 0 Å². The lowest BCUT2D eigenvalue weighted by Gasteiger charge is -2.37. The lowest BCUT2D eigenvalue weighted by atomic mass is 9.90. The summed E-state index contributed by atoms with van der Waals surface area (Å²) in [7, 11) is 0. The SMILES string of the molecule is CC(C)(C)OC(=O)N1CCCC1C(=O)N1CCCC1C1CCCNC1. The van der Waals surface area contributed by atoms with Crippen molar-refractivity contribution in [1.82, 2.24) is 15.1 Å². The van der Waals surface area contributed by atoms with Gasteiger partial charge in [0, 0.05) is 19.1 Å². The molecule has 0 aromatic heterocycles. The average Bonchev–Trinajstić information content (AvgIpc) is 3.23. The number of carbonyl (C=O) groups excluding carboxylic acids is 2. The summed E-state index contributed by atoms with van der Waals surface area (Å²) in [6, 6.07) is -0.00612. The third-order valence-corrected chi connectivity index (χ3v) is 5.63. The van der Waals surface area contributed by atoms with Gasteiger partial charge in [-0.05, 0) is 78.3 Å². The highest BCUT2D eigenvalue weighted by atomic mass is 16.6. The van der Waals surface area contributed by atoms with Gasteiger partial charge < -0.3 is 15.0 Å². The minimum Gasteiger partial charge on any atom is -0.444 e. The molecule has 6 nitrogen and oxygen atoms in total. The normalized spacial score (nSPS) is 30.6. The maximum atomic E-state index is 13.2. The summed E-state index contributed by atoms with van der Waals surface area (Å²) >= 11 is 0. The molecule has 3 fully saturated rings. The molecular weight excluding hydrogens is 318 g/mol. The summed E-state index contributed by atoms with van der Waals surface area (Å²) in [6.45, 7) is 9.15. The molecule has 2 amide bonds. The molecule has 3 aliphatic rings. The van der Waals surface area contributed by atoms with Gasteiger partial charge in [0.15, 0.2) is 0 Å². The van der Waals surface area contributed by atoms with Crippen molar-refractivity contribution in [3.05, 3.63) is 0 Å². The Bertz CT molecular complexity index is 497. The number of piperidine rings is 1. The highest BCUT2D eigenvalue weighted by Gasteiger charge is 2.43. The van der Waals surface area contributed by atoms with Crippen LogP contribution in [0, 0.1) is 5.92 Å². The molecule has 0 aromatic rings. The van der Waals surface area contributed by atoms with Gasteiger partial charge in [0.05, 0.1) is 0 Å². The van der Waals surface area contributed by atoms with Gasteiger partial charge >= 0.3 is 6.09 Å². The van der Waals surface area contributed by atoms with E-state index in [-0.39, 0.29) is 18.0 Å². The molecule has 0 radical (unpaired) electrons. The number of amides is 2. The van der Waals surface area contributed by atoms with E-state index in [1.54, 1.807) is 4.90 Å². The summed E-state index contributed by atoms with van der Waals surface area (Å²) in [5, 5.41) is 3.47. The van der Waals surface area contributed by atoms with Gasteiger partial charge in [-0.15, -0.1) is 0 Å². The summed E-state index contributed by atoms with van der Waals surface area (Å²) in [4.78, 5) is 29.5. The molecule has 3 saturated heterocycles. The number of carbonyl (C=O) groups is 2. The predicted octanol–water partition coefficient (Wildman–Crippen LogP) is 2.38. The fourth-order valence-electron chi connectivity index (χ4n) is 4.52. The predicted molar refractivity (Wildman–Crippen MR) is 96.3 cm³/mol. The van der Waals surface area contributed by atoms with Crippen LogP contribution in [0.3, 0.4) is 0 Å². The molecule has 25 heavy (non-hydrogen) atoms. The topological polar surface area (TPSA) is 61.9 Å². The first-order valence-electron chi connectivity index (χ1n) is 9.87. The molecule has 1 N–H and O–H groups in total.